The molecule has 1 heterocycles. The van der Waals surface area contributed by atoms with Crippen molar-refractivity contribution in [3.63, 3.8) is 0 Å². The van der Waals surface area contributed by atoms with Crippen molar-refractivity contribution >= 4 is 39.9 Å². The van der Waals surface area contributed by atoms with Crippen molar-refractivity contribution in [2.45, 2.75) is 71.4 Å². The van der Waals surface area contributed by atoms with Gasteiger partial charge in [-0.3, -0.25) is 19.3 Å². The van der Waals surface area contributed by atoms with Crippen molar-refractivity contribution in [2.75, 3.05) is 10.2 Å². The van der Waals surface area contributed by atoms with Gasteiger partial charge in [-0.2, -0.15) is 0 Å². The lowest BCUT2D eigenvalue weighted by Gasteiger charge is -2.34. The molecule has 1 aromatic heterocycles. The summed E-state index contributed by atoms with van der Waals surface area (Å²) in [6.45, 7) is 5.87. The van der Waals surface area contributed by atoms with Crippen LogP contribution in [-0.2, 0) is 14.4 Å². The second kappa shape index (κ2) is 11.2. The molecule has 3 amide bonds. The third-order valence-electron chi connectivity index (χ3n) is 5.71. The van der Waals surface area contributed by atoms with E-state index in [4.69, 9.17) is 0 Å². The first-order valence-electron chi connectivity index (χ1n) is 11.2. The van der Waals surface area contributed by atoms with Gasteiger partial charge in [0, 0.05) is 36.1 Å². The number of hydrogen-bond acceptors (Lipinski definition) is 5. The molecular formula is C24H32N4O3S. The molecule has 2 aromatic rings. The zero-order chi connectivity index (χ0) is 23.1. The lowest BCUT2D eigenvalue weighted by atomic mass is 9.99. The third kappa shape index (κ3) is 6.38. The number of nitrogens with one attached hydrogen (secondary N) is 2. The zero-order valence-corrected chi connectivity index (χ0v) is 19.8. The average molecular weight is 457 g/mol. The van der Waals surface area contributed by atoms with Gasteiger partial charge in [-0.1, -0.05) is 44.4 Å². The molecule has 1 saturated carbocycles. The maximum absolute atomic E-state index is 13.4. The molecule has 1 aromatic carbocycles. The highest BCUT2D eigenvalue weighted by Gasteiger charge is 2.35. The van der Waals surface area contributed by atoms with Crippen LogP contribution in [0, 0.1) is 12.8 Å². The average Bonchev–Trinajstić information content (AvgIpc) is 3.45. The topological polar surface area (TPSA) is 91.4 Å². The molecule has 1 aliphatic carbocycles. The fourth-order valence-electron chi connectivity index (χ4n) is 4.05. The van der Waals surface area contributed by atoms with Crippen molar-refractivity contribution in [1.82, 2.24) is 10.3 Å². The number of carbonyl (C=O) groups is 3. The summed E-state index contributed by atoms with van der Waals surface area (Å²) in [5.74, 6) is -0.740. The van der Waals surface area contributed by atoms with E-state index >= 15 is 0 Å². The van der Waals surface area contributed by atoms with Crippen LogP contribution in [0.1, 0.15) is 57.9 Å². The SMILES string of the molecule is Cc1ccc(N(C(=O)CCC(=O)Nc2nccs2)[C@H](C(=O)NC2CCCC2)C(C)C)cc1. The summed E-state index contributed by atoms with van der Waals surface area (Å²) >= 11 is 1.33. The highest BCUT2D eigenvalue weighted by Crippen LogP contribution is 2.25. The first-order valence-corrected chi connectivity index (χ1v) is 12.1. The van der Waals surface area contributed by atoms with Crippen molar-refractivity contribution in [3.05, 3.63) is 41.4 Å². The minimum atomic E-state index is -0.646. The maximum Gasteiger partial charge on any atom is 0.243 e. The number of amides is 3. The number of nitrogens with zero attached hydrogens (tertiary/aromatic N) is 2. The number of carbonyl (C=O) groups excluding carboxylic acids is 3. The first-order chi connectivity index (χ1) is 15.3. The van der Waals surface area contributed by atoms with Crippen LogP contribution in [-0.4, -0.2) is 34.8 Å². The first kappa shape index (κ1) is 23.9. The highest BCUT2D eigenvalue weighted by atomic mass is 32.1. The van der Waals surface area contributed by atoms with Crippen LogP contribution in [0.15, 0.2) is 35.8 Å². The Hall–Kier alpha value is -2.74. The van der Waals surface area contributed by atoms with Gasteiger partial charge in [0.1, 0.15) is 6.04 Å². The Labute approximate surface area is 193 Å². The molecular weight excluding hydrogens is 424 g/mol. The predicted molar refractivity (Wildman–Crippen MR) is 128 cm³/mol. The van der Waals surface area contributed by atoms with Crippen LogP contribution in [0.5, 0.6) is 0 Å². The smallest absolute Gasteiger partial charge is 0.243 e. The summed E-state index contributed by atoms with van der Waals surface area (Å²) in [6, 6.07) is 7.10. The molecule has 172 valence electrons. The fraction of sp³-hybridized carbons (Fsp3) is 0.500. The quantitative estimate of drug-likeness (QED) is 0.589. The van der Waals surface area contributed by atoms with E-state index in [1.54, 1.807) is 16.5 Å². The van der Waals surface area contributed by atoms with E-state index < -0.39 is 6.04 Å². The lowest BCUT2D eigenvalue weighted by molar-refractivity contribution is -0.128. The summed E-state index contributed by atoms with van der Waals surface area (Å²) in [6.07, 6.45) is 5.83. The minimum Gasteiger partial charge on any atom is -0.352 e. The van der Waals surface area contributed by atoms with Crippen LogP contribution in [0.3, 0.4) is 0 Å². The summed E-state index contributed by atoms with van der Waals surface area (Å²) in [4.78, 5) is 44.6. The number of aryl methyl sites for hydroxylation is 1. The van der Waals surface area contributed by atoms with Gasteiger partial charge in [0.25, 0.3) is 0 Å². The summed E-state index contributed by atoms with van der Waals surface area (Å²) in [5.41, 5.74) is 1.74. The van der Waals surface area contributed by atoms with E-state index in [9.17, 15) is 14.4 Å². The minimum absolute atomic E-state index is 0.00497. The fourth-order valence-corrected chi connectivity index (χ4v) is 4.59. The number of rotatable bonds is 9. The maximum atomic E-state index is 13.4. The van der Waals surface area contributed by atoms with E-state index in [1.807, 2.05) is 45.0 Å². The molecule has 1 atom stereocenters. The van der Waals surface area contributed by atoms with Crippen molar-refractivity contribution in [1.29, 1.82) is 0 Å². The van der Waals surface area contributed by atoms with Crippen molar-refractivity contribution < 1.29 is 14.4 Å². The second-order valence-corrected chi connectivity index (χ2v) is 9.56. The van der Waals surface area contributed by atoms with Crippen LogP contribution in [0.4, 0.5) is 10.8 Å². The van der Waals surface area contributed by atoms with Gasteiger partial charge in [0.05, 0.1) is 0 Å². The lowest BCUT2D eigenvalue weighted by Crippen LogP contribution is -2.54. The van der Waals surface area contributed by atoms with Gasteiger partial charge in [-0.15, -0.1) is 11.3 Å². The largest absolute Gasteiger partial charge is 0.352 e. The van der Waals surface area contributed by atoms with E-state index in [2.05, 4.69) is 15.6 Å². The van der Waals surface area contributed by atoms with Crippen molar-refractivity contribution in [2.24, 2.45) is 5.92 Å². The Morgan fingerprint density at radius 1 is 1.12 bits per heavy atom. The van der Waals surface area contributed by atoms with Crippen LogP contribution in [0.2, 0.25) is 0 Å². The molecule has 1 aliphatic rings. The zero-order valence-electron chi connectivity index (χ0n) is 19.0. The van der Waals surface area contributed by atoms with E-state index in [0.29, 0.717) is 10.8 Å². The Morgan fingerprint density at radius 2 is 1.81 bits per heavy atom. The number of hydrogen-bond donors (Lipinski definition) is 2. The number of benzene rings is 1. The second-order valence-electron chi connectivity index (χ2n) is 8.66. The third-order valence-corrected chi connectivity index (χ3v) is 6.39. The molecule has 0 unspecified atom stereocenters. The molecule has 0 bridgehead atoms. The van der Waals surface area contributed by atoms with Crippen LogP contribution in [0.25, 0.3) is 0 Å². The Kier molecular flexibility index (Phi) is 8.39. The van der Waals surface area contributed by atoms with Crippen LogP contribution >= 0.6 is 11.3 Å². The molecule has 0 spiro atoms. The summed E-state index contributed by atoms with van der Waals surface area (Å²) in [7, 11) is 0. The van der Waals surface area contributed by atoms with Gasteiger partial charge < -0.3 is 10.6 Å². The summed E-state index contributed by atoms with van der Waals surface area (Å²) in [5, 5.41) is 8.14. The highest BCUT2D eigenvalue weighted by molar-refractivity contribution is 7.13. The van der Waals surface area contributed by atoms with Crippen molar-refractivity contribution in [3.8, 4) is 0 Å². The number of thiazole rings is 1. The predicted octanol–water partition coefficient (Wildman–Crippen LogP) is 4.29. The normalized spacial score (nSPS) is 14.9. The standard InChI is InChI=1S/C24H32N4O3S/c1-16(2)22(23(31)26-18-6-4-5-7-18)28(19-10-8-17(3)9-11-19)21(30)13-12-20(29)27-24-25-14-15-32-24/h8-11,14-16,18,22H,4-7,12-13H2,1-3H3,(H,26,31)(H,25,27,29)/t22-/m0/s1. The molecule has 0 radical (unpaired) electrons. The van der Waals surface area contributed by atoms with E-state index in [0.717, 1.165) is 31.2 Å². The monoisotopic (exact) mass is 456 g/mol. The molecule has 32 heavy (non-hydrogen) atoms. The van der Waals surface area contributed by atoms with Gasteiger partial charge in [-0.05, 0) is 37.8 Å². The molecule has 7 nitrogen and oxygen atoms in total. The molecule has 8 heteroatoms. The van der Waals surface area contributed by atoms with Gasteiger partial charge >= 0.3 is 0 Å². The molecule has 0 saturated heterocycles. The van der Waals surface area contributed by atoms with Gasteiger partial charge in [0.15, 0.2) is 5.13 Å². The molecule has 2 N–H and O–H groups in total. The molecule has 3 rings (SSSR count). The van der Waals surface area contributed by atoms with Gasteiger partial charge in [-0.25, -0.2) is 4.98 Å². The Balaban J connectivity index is 1.77. The van der Waals surface area contributed by atoms with E-state index in [-0.39, 0.29) is 42.5 Å². The van der Waals surface area contributed by atoms with E-state index in [1.165, 1.54) is 11.3 Å². The van der Waals surface area contributed by atoms with Gasteiger partial charge in [0.2, 0.25) is 17.7 Å². The Bertz CT molecular complexity index is 906. The molecule has 1 fully saturated rings. The Morgan fingerprint density at radius 3 is 2.41 bits per heavy atom. The summed E-state index contributed by atoms with van der Waals surface area (Å²) < 4.78 is 0. The number of aromatic nitrogens is 1. The number of anilines is 2. The van der Waals surface area contributed by atoms with Crippen LogP contribution < -0.4 is 15.5 Å². The molecule has 0 aliphatic heterocycles.